The number of anilines is 2. The van der Waals surface area contributed by atoms with E-state index in [9.17, 15) is 15.3 Å². The molecule has 0 bridgehead atoms. The second-order valence-electron chi connectivity index (χ2n) is 6.81. The van der Waals surface area contributed by atoms with Crippen LogP contribution in [-0.4, -0.2) is 16.9 Å². The molecular formula is C23H17N6OS+. The number of aromatic amines is 1. The van der Waals surface area contributed by atoms with Crippen LogP contribution in [0.1, 0.15) is 18.1 Å². The zero-order valence-electron chi connectivity index (χ0n) is 16.5. The van der Waals surface area contributed by atoms with E-state index >= 15 is 0 Å². The Labute approximate surface area is 183 Å². The van der Waals surface area contributed by atoms with E-state index < -0.39 is 5.25 Å². The molecule has 0 aliphatic carbocycles. The summed E-state index contributed by atoms with van der Waals surface area (Å²) in [7, 11) is 0. The van der Waals surface area contributed by atoms with E-state index in [2.05, 4.69) is 22.2 Å². The van der Waals surface area contributed by atoms with Crippen LogP contribution in [-0.2, 0) is 4.79 Å². The van der Waals surface area contributed by atoms with Gasteiger partial charge in [0.15, 0.2) is 5.03 Å². The fourth-order valence-corrected chi connectivity index (χ4v) is 4.47. The van der Waals surface area contributed by atoms with E-state index in [1.165, 1.54) is 16.8 Å². The molecular weight excluding hydrogens is 408 g/mol. The number of pyridine rings is 1. The lowest BCUT2D eigenvalue weighted by Gasteiger charge is -2.15. The molecule has 1 aromatic heterocycles. The maximum absolute atomic E-state index is 13.1. The zero-order valence-corrected chi connectivity index (χ0v) is 17.4. The number of hydrazone groups is 1. The van der Waals surface area contributed by atoms with Gasteiger partial charge in [-0.05, 0) is 24.6 Å². The number of nitrogens with two attached hydrogens (primary N) is 1. The van der Waals surface area contributed by atoms with Gasteiger partial charge in [0.25, 0.3) is 11.7 Å². The molecule has 1 atom stereocenters. The lowest BCUT2D eigenvalue weighted by Crippen LogP contribution is -2.30. The molecule has 0 unspecified atom stereocenters. The molecule has 0 spiro atoms. The summed E-state index contributed by atoms with van der Waals surface area (Å²) in [5, 5.41) is 25.2. The number of para-hydroxylation sites is 1. The summed E-state index contributed by atoms with van der Waals surface area (Å²) in [5.74, 6) is -0.0713. The van der Waals surface area contributed by atoms with Gasteiger partial charge < -0.3 is 0 Å². The molecule has 2 aromatic carbocycles. The molecule has 1 amide bonds. The Morgan fingerprint density at radius 1 is 1.03 bits per heavy atom. The van der Waals surface area contributed by atoms with Crippen LogP contribution < -0.4 is 15.7 Å². The molecule has 7 nitrogen and oxygen atoms in total. The monoisotopic (exact) mass is 425 g/mol. The van der Waals surface area contributed by atoms with Gasteiger partial charge in [-0.2, -0.15) is 20.6 Å². The van der Waals surface area contributed by atoms with Gasteiger partial charge in [-0.3, -0.25) is 10.5 Å². The number of nitriles is 2. The number of amides is 1. The first-order valence-corrected chi connectivity index (χ1v) is 10.3. The number of rotatable bonds is 4. The third-order valence-electron chi connectivity index (χ3n) is 4.84. The van der Waals surface area contributed by atoms with Gasteiger partial charge in [0.2, 0.25) is 0 Å². The topological polar surface area (TPSA) is 120 Å². The van der Waals surface area contributed by atoms with Gasteiger partial charge in [0, 0.05) is 5.56 Å². The fraction of sp³-hybridized carbons (Fsp3) is 0.0870. The van der Waals surface area contributed by atoms with Gasteiger partial charge in [-0.25, -0.2) is 4.98 Å². The number of thioether (sulfide) groups is 1. The van der Waals surface area contributed by atoms with Crippen LogP contribution in [0.25, 0.3) is 11.1 Å². The van der Waals surface area contributed by atoms with Crippen molar-refractivity contribution in [2.24, 2.45) is 5.10 Å². The summed E-state index contributed by atoms with van der Waals surface area (Å²) in [6.07, 6.45) is 0. The maximum Gasteiger partial charge on any atom is 0.289 e. The Balaban J connectivity index is 1.77. The average Bonchev–Trinajstić information content (AvgIpc) is 3.08. The van der Waals surface area contributed by atoms with Crippen molar-refractivity contribution in [2.75, 3.05) is 10.7 Å². The number of H-pyrrole nitrogens is 1. The van der Waals surface area contributed by atoms with Crippen molar-refractivity contribution in [1.29, 1.82) is 10.5 Å². The number of benzene rings is 2. The third-order valence-corrected chi connectivity index (χ3v) is 6.16. The van der Waals surface area contributed by atoms with E-state index in [4.69, 9.17) is 5.73 Å². The minimum absolute atomic E-state index is 0.141. The van der Waals surface area contributed by atoms with Crippen molar-refractivity contribution in [2.45, 2.75) is 17.2 Å². The standard InChI is InChI=1S/C23H16N6OS/c1-14-20(23(30)29(28-14)16-10-6-3-7-11-16)31-22-18(13-25)19(15-8-4-2-5-9-15)17(12-24)21(26)27-22/h2-11,20H,1H3,(H2,26,27)/p+1/t20-/m1/s1. The van der Waals surface area contributed by atoms with Gasteiger partial charge >= 0.3 is 0 Å². The van der Waals surface area contributed by atoms with Crippen LogP contribution in [0, 0.1) is 22.7 Å². The molecule has 8 heteroatoms. The van der Waals surface area contributed by atoms with Crippen molar-refractivity contribution in [3.05, 3.63) is 71.8 Å². The zero-order chi connectivity index (χ0) is 22.0. The molecule has 1 aliphatic heterocycles. The van der Waals surface area contributed by atoms with Crippen molar-refractivity contribution < 1.29 is 9.78 Å². The largest absolute Gasteiger partial charge is 0.289 e. The average molecular weight is 425 g/mol. The van der Waals surface area contributed by atoms with E-state index in [1.807, 2.05) is 60.7 Å². The Morgan fingerprint density at radius 2 is 1.65 bits per heavy atom. The van der Waals surface area contributed by atoms with Crippen molar-refractivity contribution in [1.82, 2.24) is 0 Å². The normalized spacial score (nSPS) is 15.3. The lowest BCUT2D eigenvalue weighted by atomic mass is 9.97. The summed E-state index contributed by atoms with van der Waals surface area (Å²) in [6.45, 7) is 1.77. The number of carbonyl (C=O) groups excluding carboxylic acids is 1. The summed E-state index contributed by atoms with van der Waals surface area (Å²) in [4.78, 5) is 16.0. The van der Waals surface area contributed by atoms with E-state index in [1.54, 1.807) is 6.92 Å². The van der Waals surface area contributed by atoms with E-state index in [-0.39, 0.29) is 22.9 Å². The highest BCUT2D eigenvalue weighted by Crippen LogP contribution is 2.37. The highest BCUT2D eigenvalue weighted by molar-refractivity contribution is 8.01. The minimum atomic E-state index is -0.625. The molecule has 31 heavy (non-hydrogen) atoms. The molecule has 2 heterocycles. The molecule has 0 fully saturated rings. The molecule has 0 saturated heterocycles. The van der Waals surface area contributed by atoms with Crippen LogP contribution >= 0.6 is 11.8 Å². The first kappa shape index (κ1) is 20.1. The van der Waals surface area contributed by atoms with Crippen LogP contribution in [0.5, 0.6) is 0 Å². The molecule has 1 aliphatic rings. The second-order valence-corrected chi connectivity index (χ2v) is 7.92. The SMILES string of the molecule is CC1=NN(c2ccccc2)C(=O)[C@@H]1Sc1[nH+]c(N)c(C#N)c(-c2ccccc2)c1C#N. The Bertz CT molecular complexity index is 1280. The van der Waals surface area contributed by atoms with Gasteiger partial charge in [-0.1, -0.05) is 60.3 Å². The number of aromatic nitrogens is 1. The summed E-state index contributed by atoms with van der Waals surface area (Å²) in [5.41, 5.74) is 9.02. The summed E-state index contributed by atoms with van der Waals surface area (Å²) < 4.78 is 0. The van der Waals surface area contributed by atoms with E-state index in [0.29, 0.717) is 27.6 Å². The van der Waals surface area contributed by atoms with Gasteiger partial charge in [-0.15, -0.1) is 0 Å². The minimum Gasteiger partial charge on any atom is -0.286 e. The summed E-state index contributed by atoms with van der Waals surface area (Å²) >= 11 is 1.17. The van der Waals surface area contributed by atoms with Crippen LogP contribution in [0.15, 0.2) is 70.8 Å². The molecule has 150 valence electrons. The Morgan fingerprint density at radius 3 is 2.26 bits per heavy atom. The lowest BCUT2D eigenvalue weighted by molar-refractivity contribution is -0.410. The highest BCUT2D eigenvalue weighted by atomic mass is 32.2. The quantitative estimate of drug-likeness (QED) is 0.687. The number of hydrogen-bond donors (Lipinski definition) is 1. The third kappa shape index (κ3) is 3.61. The Hall–Kier alpha value is -4.14. The predicted molar refractivity (Wildman–Crippen MR) is 119 cm³/mol. The first-order valence-electron chi connectivity index (χ1n) is 9.40. The van der Waals surface area contributed by atoms with Crippen LogP contribution in [0.3, 0.4) is 0 Å². The fourth-order valence-electron chi connectivity index (χ4n) is 3.38. The summed E-state index contributed by atoms with van der Waals surface area (Å²) in [6, 6.07) is 22.6. The number of nitrogens with one attached hydrogen (secondary N) is 1. The second kappa shape index (κ2) is 8.31. The number of nitrogen functional groups attached to an aromatic ring is 1. The number of hydrogen-bond acceptors (Lipinski definition) is 6. The Kier molecular flexibility index (Phi) is 5.40. The number of nitrogens with zero attached hydrogens (tertiary/aromatic N) is 4. The highest BCUT2D eigenvalue weighted by Gasteiger charge is 2.37. The molecule has 3 aromatic rings. The molecule has 0 radical (unpaired) electrons. The van der Waals surface area contributed by atoms with Crippen LogP contribution in [0.4, 0.5) is 11.5 Å². The van der Waals surface area contributed by atoms with E-state index in [0.717, 1.165) is 0 Å². The predicted octanol–water partition coefficient (Wildman–Crippen LogP) is 3.38. The maximum atomic E-state index is 13.1. The molecule has 4 rings (SSSR count). The molecule has 3 N–H and O–H groups in total. The van der Waals surface area contributed by atoms with Crippen molar-refractivity contribution >= 4 is 34.9 Å². The smallest absolute Gasteiger partial charge is 0.286 e. The molecule has 0 saturated carbocycles. The first-order chi connectivity index (χ1) is 15.0. The van der Waals surface area contributed by atoms with Crippen molar-refractivity contribution in [3.8, 4) is 23.3 Å². The number of carbonyl (C=O) groups is 1. The van der Waals surface area contributed by atoms with Gasteiger partial charge in [0.05, 0.1) is 11.4 Å². The van der Waals surface area contributed by atoms with Crippen LogP contribution in [0.2, 0.25) is 0 Å². The van der Waals surface area contributed by atoms with Gasteiger partial charge in [0.1, 0.15) is 28.5 Å². The van der Waals surface area contributed by atoms with Crippen molar-refractivity contribution in [3.63, 3.8) is 0 Å².